The molecule has 2 rings (SSSR count). The van der Waals surface area contributed by atoms with Crippen molar-refractivity contribution in [2.75, 3.05) is 11.9 Å². The molecular weight excluding hydrogens is 250 g/mol. The van der Waals surface area contributed by atoms with E-state index in [1.807, 2.05) is 37.3 Å². The molecule has 1 aliphatic rings. The standard InChI is InChI=1S/C17H25NO2/c1-5-20-15(19)17(12-16(3,4)11-13(17)2)18-14-9-7-6-8-10-14/h6-10,13,18H,5,11-12H2,1-4H3. The van der Waals surface area contributed by atoms with Crippen LogP contribution in [-0.2, 0) is 9.53 Å². The van der Waals surface area contributed by atoms with Gasteiger partial charge in [0.2, 0.25) is 0 Å². The van der Waals surface area contributed by atoms with Crippen LogP contribution in [0.1, 0.15) is 40.5 Å². The fraction of sp³-hybridized carbons (Fsp3) is 0.588. The lowest BCUT2D eigenvalue weighted by Crippen LogP contribution is -2.50. The molecule has 20 heavy (non-hydrogen) atoms. The van der Waals surface area contributed by atoms with Crippen LogP contribution in [0.25, 0.3) is 0 Å². The van der Waals surface area contributed by atoms with Gasteiger partial charge in [-0.15, -0.1) is 0 Å². The summed E-state index contributed by atoms with van der Waals surface area (Å²) >= 11 is 0. The Morgan fingerprint density at radius 1 is 1.35 bits per heavy atom. The van der Waals surface area contributed by atoms with Crippen LogP contribution in [0.4, 0.5) is 5.69 Å². The number of nitrogens with one attached hydrogen (secondary N) is 1. The summed E-state index contributed by atoms with van der Waals surface area (Å²) in [5.74, 6) is 0.124. The highest BCUT2D eigenvalue weighted by Gasteiger charge is 2.54. The fourth-order valence-corrected chi connectivity index (χ4v) is 3.54. The van der Waals surface area contributed by atoms with E-state index in [2.05, 4.69) is 26.1 Å². The molecule has 1 aliphatic carbocycles. The Balaban J connectivity index is 2.32. The summed E-state index contributed by atoms with van der Waals surface area (Å²) < 4.78 is 5.36. The van der Waals surface area contributed by atoms with E-state index in [0.29, 0.717) is 6.61 Å². The number of rotatable bonds is 4. The van der Waals surface area contributed by atoms with Gasteiger partial charge in [-0.1, -0.05) is 39.0 Å². The molecule has 0 aliphatic heterocycles. The van der Waals surface area contributed by atoms with Crippen molar-refractivity contribution in [2.45, 2.75) is 46.1 Å². The van der Waals surface area contributed by atoms with Crippen molar-refractivity contribution in [1.82, 2.24) is 0 Å². The van der Waals surface area contributed by atoms with E-state index in [0.717, 1.165) is 18.5 Å². The molecule has 0 aromatic heterocycles. The second kappa shape index (κ2) is 5.47. The zero-order chi connectivity index (χ0) is 14.8. The lowest BCUT2D eigenvalue weighted by Gasteiger charge is -2.34. The van der Waals surface area contributed by atoms with Crippen molar-refractivity contribution in [3.8, 4) is 0 Å². The van der Waals surface area contributed by atoms with Gasteiger partial charge in [-0.3, -0.25) is 0 Å². The molecule has 110 valence electrons. The molecule has 0 bridgehead atoms. The molecule has 0 heterocycles. The number of anilines is 1. The van der Waals surface area contributed by atoms with Crippen LogP contribution in [0.15, 0.2) is 30.3 Å². The first kappa shape index (κ1) is 14.9. The minimum Gasteiger partial charge on any atom is -0.464 e. The van der Waals surface area contributed by atoms with Gasteiger partial charge >= 0.3 is 5.97 Å². The van der Waals surface area contributed by atoms with E-state index >= 15 is 0 Å². The van der Waals surface area contributed by atoms with Crippen molar-refractivity contribution < 1.29 is 9.53 Å². The maximum atomic E-state index is 12.6. The zero-order valence-corrected chi connectivity index (χ0v) is 12.9. The Kier molecular flexibility index (Phi) is 4.07. The van der Waals surface area contributed by atoms with Crippen LogP contribution in [-0.4, -0.2) is 18.1 Å². The molecule has 1 saturated carbocycles. The number of hydrogen-bond acceptors (Lipinski definition) is 3. The van der Waals surface area contributed by atoms with Crippen LogP contribution in [0.5, 0.6) is 0 Å². The molecule has 3 nitrogen and oxygen atoms in total. The number of para-hydroxylation sites is 1. The normalized spacial score (nSPS) is 28.1. The summed E-state index contributed by atoms with van der Waals surface area (Å²) in [6.45, 7) is 8.86. The van der Waals surface area contributed by atoms with Gasteiger partial charge in [0.1, 0.15) is 5.54 Å². The molecule has 0 saturated heterocycles. The van der Waals surface area contributed by atoms with Gasteiger partial charge in [-0.05, 0) is 43.2 Å². The third-order valence-corrected chi connectivity index (χ3v) is 4.24. The lowest BCUT2D eigenvalue weighted by atomic mass is 9.86. The van der Waals surface area contributed by atoms with Crippen molar-refractivity contribution in [3.05, 3.63) is 30.3 Å². The Bertz CT molecular complexity index is 469. The van der Waals surface area contributed by atoms with E-state index in [-0.39, 0.29) is 17.3 Å². The van der Waals surface area contributed by atoms with Crippen molar-refractivity contribution >= 4 is 11.7 Å². The molecule has 0 spiro atoms. The van der Waals surface area contributed by atoms with E-state index < -0.39 is 5.54 Å². The number of carbonyl (C=O) groups is 1. The Morgan fingerprint density at radius 2 is 2.00 bits per heavy atom. The van der Waals surface area contributed by atoms with Crippen molar-refractivity contribution in [3.63, 3.8) is 0 Å². The van der Waals surface area contributed by atoms with Crippen LogP contribution in [0, 0.1) is 11.3 Å². The third-order valence-electron chi connectivity index (χ3n) is 4.24. The summed E-state index contributed by atoms with van der Waals surface area (Å²) in [7, 11) is 0. The smallest absolute Gasteiger partial charge is 0.332 e. The summed E-state index contributed by atoms with van der Waals surface area (Å²) in [6.07, 6.45) is 1.82. The van der Waals surface area contributed by atoms with Gasteiger partial charge in [0, 0.05) is 5.69 Å². The summed E-state index contributed by atoms with van der Waals surface area (Å²) in [5.41, 5.74) is 0.513. The first-order chi connectivity index (χ1) is 9.39. The Hall–Kier alpha value is -1.51. The molecule has 3 heteroatoms. The van der Waals surface area contributed by atoms with Gasteiger partial charge < -0.3 is 10.1 Å². The molecular formula is C17H25NO2. The highest BCUT2D eigenvalue weighted by atomic mass is 16.5. The first-order valence-corrected chi connectivity index (χ1v) is 7.40. The Labute approximate surface area is 121 Å². The van der Waals surface area contributed by atoms with Crippen molar-refractivity contribution in [2.24, 2.45) is 11.3 Å². The minimum absolute atomic E-state index is 0.123. The summed E-state index contributed by atoms with van der Waals surface area (Å²) in [6, 6.07) is 9.93. The quantitative estimate of drug-likeness (QED) is 0.848. The zero-order valence-electron chi connectivity index (χ0n) is 12.9. The van der Waals surface area contributed by atoms with Gasteiger partial charge in [-0.2, -0.15) is 0 Å². The highest BCUT2D eigenvalue weighted by molar-refractivity contribution is 5.85. The number of carbonyl (C=O) groups excluding carboxylic acids is 1. The molecule has 0 radical (unpaired) electrons. The van der Waals surface area contributed by atoms with Crippen LogP contribution in [0.2, 0.25) is 0 Å². The van der Waals surface area contributed by atoms with E-state index in [4.69, 9.17) is 4.74 Å². The molecule has 2 unspecified atom stereocenters. The van der Waals surface area contributed by atoms with Crippen LogP contribution < -0.4 is 5.32 Å². The Morgan fingerprint density at radius 3 is 2.50 bits per heavy atom. The maximum absolute atomic E-state index is 12.6. The topological polar surface area (TPSA) is 38.3 Å². The van der Waals surface area contributed by atoms with E-state index in [1.165, 1.54) is 0 Å². The van der Waals surface area contributed by atoms with Gasteiger partial charge in [0.05, 0.1) is 6.61 Å². The van der Waals surface area contributed by atoms with Gasteiger partial charge in [0.25, 0.3) is 0 Å². The largest absolute Gasteiger partial charge is 0.464 e. The summed E-state index contributed by atoms with van der Waals surface area (Å²) in [4.78, 5) is 12.6. The van der Waals surface area contributed by atoms with Crippen molar-refractivity contribution in [1.29, 1.82) is 0 Å². The number of benzene rings is 1. The molecule has 1 fully saturated rings. The summed E-state index contributed by atoms with van der Waals surface area (Å²) in [5, 5.41) is 3.47. The molecule has 1 N–H and O–H groups in total. The molecule has 1 aromatic carbocycles. The predicted molar refractivity (Wildman–Crippen MR) is 81.6 cm³/mol. The third kappa shape index (κ3) is 2.82. The predicted octanol–water partition coefficient (Wildman–Crippen LogP) is 3.86. The highest BCUT2D eigenvalue weighted by Crippen LogP contribution is 2.49. The average Bonchev–Trinajstić information content (AvgIpc) is 2.61. The van der Waals surface area contributed by atoms with Crippen LogP contribution in [0.3, 0.4) is 0 Å². The fourth-order valence-electron chi connectivity index (χ4n) is 3.54. The maximum Gasteiger partial charge on any atom is 0.332 e. The van der Waals surface area contributed by atoms with Gasteiger partial charge in [0.15, 0.2) is 0 Å². The second-order valence-corrected chi connectivity index (χ2v) is 6.63. The molecule has 0 amide bonds. The monoisotopic (exact) mass is 275 g/mol. The second-order valence-electron chi connectivity index (χ2n) is 6.63. The number of esters is 1. The average molecular weight is 275 g/mol. The van der Waals surface area contributed by atoms with E-state index in [1.54, 1.807) is 0 Å². The van der Waals surface area contributed by atoms with Crippen LogP contribution >= 0.6 is 0 Å². The molecule has 2 atom stereocenters. The lowest BCUT2D eigenvalue weighted by molar-refractivity contribution is -0.150. The number of ether oxygens (including phenoxy) is 1. The van der Waals surface area contributed by atoms with E-state index in [9.17, 15) is 4.79 Å². The molecule has 1 aromatic rings. The SMILES string of the molecule is CCOC(=O)C1(Nc2ccccc2)CC(C)(C)CC1C. The number of hydrogen-bond donors (Lipinski definition) is 1. The van der Waals surface area contributed by atoms with Gasteiger partial charge in [-0.25, -0.2) is 4.79 Å². The minimum atomic E-state index is -0.610. The first-order valence-electron chi connectivity index (χ1n) is 7.40.